The molecule has 0 amide bonds. The number of rotatable bonds is 5. The first-order valence-electron chi connectivity index (χ1n) is 6.42. The number of carboxylic acid groups (broad SMARTS) is 1. The first kappa shape index (κ1) is 12.7. The van der Waals surface area contributed by atoms with Gasteiger partial charge in [0.1, 0.15) is 5.75 Å². The number of aryl methyl sites for hydroxylation is 1. The zero-order chi connectivity index (χ0) is 14.1. The minimum atomic E-state index is -0.943. The van der Waals surface area contributed by atoms with Gasteiger partial charge in [0.05, 0.1) is 5.56 Å². The number of nitrogens with zero attached hydrogens (tertiary/aromatic N) is 2. The van der Waals surface area contributed by atoms with Gasteiger partial charge >= 0.3 is 5.97 Å². The molecule has 20 heavy (non-hydrogen) atoms. The van der Waals surface area contributed by atoms with Crippen LogP contribution in [0.15, 0.2) is 22.7 Å². The fourth-order valence-electron chi connectivity index (χ4n) is 1.94. The van der Waals surface area contributed by atoms with Crippen LogP contribution in [0, 0.1) is 6.92 Å². The maximum Gasteiger partial charge on any atom is 0.335 e. The van der Waals surface area contributed by atoms with Crippen LogP contribution in [0.25, 0.3) is 0 Å². The highest BCUT2D eigenvalue weighted by Gasteiger charge is 2.29. The van der Waals surface area contributed by atoms with Gasteiger partial charge in [0.15, 0.2) is 6.61 Å². The zero-order valence-electron chi connectivity index (χ0n) is 11.0. The Bertz CT molecular complexity index is 646. The van der Waals surface area contributed by atoms with Crippen molar-refractivity contribution in [1.29, 1.82) is 0 Å². The molecule has 6 heteroatoms. The summed E-state index contributed by atoms with van der Waals surface area (Å²) >= 11 is 0. The molecule has 0 aliphatic heterocycles. The van der Waals surface area contributed by atoms with Crippen molar-refractivity contribution in [2.75, 3.05) is 0 Å². The SMILES string of the molecule is Cc1cc(OCc2noc(C3CC3)n2)ccc1C(=O)O. The summed E-state index contributed by atoms with van der Waals surface area (Å²) in [6.45, 7) is 1.94. The Morgan fingerprint density at radius 3 is 2.95 bits per heavy atom. The molecule has 0 unspecified atom stereocenters. The van der Waals surface area contributed by atoms with Gasteiger partial charge in [-0.1, -0.05) is 5.16 Å². The number of hydrogen-bond acceptors (Lipinski definition) is 5. The molecule has 1 aromatic carbocycles. The topological polar surface area (TPSA) is 85.5 Å². The maximum absolute atomic E-state index is 10.9. The van der Waals surface area contributed by atoms with Crippen LogP contribution in [0.2, 0.25) is 0 Å². The normalized spacial score (nSPS) is 14.2. The van der Waals surface area contributed by atoms with Gasteiger partial charge in [-0.25, -0.2) is 4.79 Å². The van der Waals surface area contributed by atoms with E-state index in [1.165, 1.54) is 6.07 Å². The lowest BCUT2D eigenvalue weighted by Gasteiger charge is -2.06. The lowest BCUT2D eigenvalue weighted by Crippen LogP contribution is -2.02. The second-order valence-electron chi connectivity index (χ2n) is 4.89. The van der Waals surface area contributed by atoms with Gasteiger partial charge in [0, 0.05) is 5.92 Å². The molecular formula is C14H14N2O4. The summed E-state index contributed by atoms with van der Waals surface area (Å²) in [4.78, 5) is 15.2. The van der Waals surface area contributed by atoms with E-state index >= 15 is 0 Å². The Morgan fingerprint density at radius 1 is 1.50 bits per heavy atom. The largest absolute Gasteiger partial charge is 0.485 e. The summed E-state index contributed by atoms with van der Waals surface area (Å²) in [6.07, 6.45) is 2.22. The van der Waals surface area contributed by atoms with E-state index in [-0.39, 0.29) is 12.2 Å². The third-order valence-electron chi connectivity index (χ3n) is 3.21. The maximum atomic E-state index is 10.9. The fraction of sp³-hybridized carbons (Fsp3) is 0.357. The smallest absolute Gasteiger partial charge is 0.335 e. The molecule has 0 spiro atoms. The van der Waals surface area contributed by atoms with Gasteiger partial charge in [-0.15, -0.1) is 0 Å². The van der Waals surface area contributed by atoms with Crippen molar-refractivity contribution in [3.05, 3.63) is 41.0 Å². The van der Waals surface area contributed by atoms with E-state index in [0.717, 1.165) is 12.8 Å². The highest BCUT2D eigenvalue weighted by atomic mass is 16.5. The molecule has 2 aromatic rings. The Kier molecular flexibility index (Phi) is 3.14. The molecule has 0 saturated heterocycles. The lowest BCUT2D eigenvalue weighted by atomic mass is 10.1. The first-order valence-corrected chi connectivity index (χ1v) is 6.42. The molecule has 0 bridgehead atoms. The average molecular weight is 274 g/mol. The number of aromatic nitrogens is 2. The van der Waals surface area contributed by atoms with Crippen LogP contribution in [-0.2, 0) is 6.61 Å². The highest BCUT2D eigenvalue weighted by molar-refractivity contribution is 5.89. The minimum absolute atomic E-state index is 0.210. The molecule has 0 radical (unpaired) electrons. The van der Waals surface area contributed by atoms with Crippen LogP contribution in [0.1, 0.15) is 46.4 Å². The van der Waals surface area contributed by atoms with E-state index in [9.17, 15) is 4.79 Å². The minimum Gasteiger partial charge on any atom is -0.485 e. The highest BCUT2D eigenvalue weighted by Crippen LogP contribution is 2.38. The molecule has 0 atom stereocenters. The summed E-state index contributed by atoms with van der Waals surface area (Å²) in [6, 6.07) is 4.84. The van der Waals surface area contributed by atoms with Gasteiger partial charge in [-0.2, -0.15) is 4.98 Å². The van der Waals surface area contributed by atoms with Crippen molar-refractivity contribution < 1.29 is 19.2 Å². The van der Waals surface area contributed by atoms with Gasteiger partial charge in [-0.3, -0.25) is 0 Å². The van der Waals surface area contributed by atoms with Gasteiger partial charge in [-0.05, 0) is 43.5 Å². The lowest BCUT2D eigenvalue weighted by molar-refractivity contribution is 0.0696. The summed E-state index contributed by atoms with van der Waals surface area (Å²) in [7, 11) is 0. The van der Waals surface area contributed by atoms with E-state index in [4.69, 9.17) is 14.4 Å². The summed E-state index contributed by atoms with van der Waals surface area (Å²) in [5.74, 6) is 1.26. The quantitative estimate of drug-likeness (QED) is 0.901. The van der Waals surface area contributed by atoms with Crippen LogP contribution < -0.4 is 4.74 Å². The van der Waals surface area contributed by atoms with Gasteiger partial charge in [0.2, 0.25) is 11.7 Å². The number of carboxylic acids is 1. The first-order chi connectivity index (χ1) is 9.63. The van der Waals surface area contributed by atoms with Crippen molar-refractivity contribution in [3.8, 4) is 5.75 Å². The van der Waals surface area contributed by atoms with Crippen molar-refractivity contribution in [3.63, 3.8) is 0 Å². The van der Waals surface area contributed by atoms with Crippen LogP contribution in [0.5, 0.6) is 5.75 Å². The fourth-order valence-corrected chi connectivity index (χ4v) is 1.94. The summed E-state index contributed by atoms with van der Waals surface area (Å²) in [5, 5.41) is 12.8. The number of ether oxygens (including phenoxy) is 1. The predicted octanol–water partition coefficient (Wildman–Crippen LogP) is 2.53. The Hall–Kier alpha value is -2.37. The number of hydrogen-bond donors (Lipinski definition) is 1. The monoisotopic (exact) mass is 274 g/mol. The van der Waals surface area contributed by atoms with Gasteiger partial charge < -0.3 is 14.4 Å². The van der Waals surface area contributed by atoms with Crippen molar-refractivity contribution in [1.82, 2.24) is 10.1 Å². The van der Waals surface area contributed by atoms with E-state index in [0.29, 0.717) is 28.9 Å². The van der Waals surface area contributed by atoms with Crippen molar-refractivity contribution in [2.24, 2.45) is 0 Å². The van der Waals surface area contributed by atoms with E-state index in [1.807, 2.05) is 0 Å². The molecule has 1 saturated carbocycles. The molecule has 1 fully saturated rings. The van der Waals surface area contributed by atoms with Crippen LogP contribution in [0.4, 0.5) is 0 Å². The molecular weight excluding hydrogens is 260 g/mol. The Balaban J connectivity index is 1.65. The summed E-state index contributed by atoms with van der Waals surface area (Å²) < 4.78 is 10.7. The van der Waals surface area contributed by atoms with E-state index in [1.54, 1.807) is 19.1 Å². The van der Waals surface area contributed by atoms with Crippen LogP contribution in [0.3, 0.4) is 0 Å². The third kappa shape index (κ3) is 2.64. The number of aromatic carboxylic acids is 1. The third-order valence-corrected chi connectivity index (χ3v) is 3.21. The Labute approximate surface area is 115 Å². The zero-order valence-corrected chi connectivity index (χ0v) is 11.0. The van der Waals surface area contributed by atoms with E-state index in [2.05, 4.69) is 10.1 Å². The number of carbonyl (C=O) groups is 1. The molecule has 6 nitrogen and oxygen atoms in total. The Morgan fingerprint density at radius 2 is 2.30 bits per heavy atom. The molecule has 1 N–H and O–H groups in total. The van der Waals surface area contributed by atoms with Gasteiger partial charge in [0.25, 0.3) is 0 Å². The molecule has 1 aliphatic rings. The van der Waals surface area contributed by atoms with Crippen LogP contribution in [-0.4, -0.2) is 21.2 Å². The number of benzene rings is 1. The molecule has 3 rings (SSSR count). The second-order valence-corrected chi connectivity index (χ2v) is 4.89. The van der Waals surface area contributed by atoms with Crippen molar-refractivity contribution in [2.45, 2.75) is 32.3 Å². The standard InChI is InChI=1S/C14H14N2O4/c1-8-6-10(4-5-11(8)14(17)18)19-7-12-15-13(20-16-12)9-2-3-9/h4-6,9H,2-3,7H2,1H3,(H,17,18). The predicted molar refractivity (Wildman–Crippen MR) is 68.7 cm³/mol. The molecule has 104 valence electrons. The van der Waals surface area contributed by atoms with E-state index < -0.39 is 5.97 Å². The molecule has 1 heterocycles. The second kappa shape index (κ2) is 4.96. The van der Waals surface area contributed by atoms with Crippen LogP contribution >= 0.6 is 0 Å². The molecule has 1 aromatic heterocycles. The molecule has 1 aliphatic carbocycles. The average Bonchev–Trinajstić information content (AvgIpc) is 3.15. The summed E-state index contributed by atoms with van der Waals surface area (Å²) in [5.41, 5.74) is 0.926. The van der Waals surface area contributed by atoms with Crippen molar-refractivity contribution >= 4 is 5.97 Å².